The highest BCUT2D eigenvalue weighted by Crippen LogP contribution is 2.29. The highest BCUT2D eigenvalue weighted by molar-refractivity contribution is 7.22. The second kappa shape index (κ2) is 8.34. The lowest BCUT2D eigenvalue weighted by Crippen LogP contribution is -2.29. The third-order valence-corrected chi connectivity index (χ3v) is 5.30. The fourth-order valence-electron chi connectivity index (χ4n) is 2.88. The lowest BCUT2D eigenvalue weighted by Gasteiger charge is -2.08. The molecule has 0 fully saturated rings. The van der Waals surface area contributed by atoms with Crippen LogP contribution in [0.4, 0.5) is 5.13 Å². The van der Waals surface area contributed by atoms with E-state index in [4.69, 9.17) is 9.47 Å². The smallest absolute Gasteiger partial charge is 0.267 e. The number of benzene rings is 2. The van der Waals surface area contributed by atoms with E-state index < -0.39 is 5.91 Å². The number of carbonyl (C=O) groups excluding carboxylic acids is 1. The van der Waals surface area contributed by atoms with Gasteiger partial charge in [0.05, 0.1) is 30.1 Å². The van der Waals surface area contributed by atoms with Crippen LogP contribution >= 0.6 is 11.3 Å². The van der Waals surface area contributed by atoms with Crippen LogP contribution in [0.5, 0.6) is 11.5 Å². The van der Waals surface area contributed by atoms with Gasteiger partial charge in [-0.3, -0.25) is 9.59 Å². The molecule has 0 atom stereocenters. The molecule has 9 heteroatoms. The van der Waals surface area contributed by atoms with Crippen molar-refractivity contribution < 1.29 is 14.3 Å². The number of hydrogen-bond donors (Lipinski definition) is 1. The van der Waals surface area contributed by atoms with E-state index in [1.807, 2.05) is 36.4 Å². The summed E-state index contributed by atoms with van der Waals surface area (Å²) in [4.78, 5) is 29.1. The van der Waals surface area contributed by atoms with E-state index in [1.165, 1.54) is 17.4 Å². The molecule has 1 amide bonds. The van der Waals surface area contributed by atoms with Gasteiger partial charge in [0.15, 0.2) is 5.13 Å². The molecule has 0 aliphatic heterocycles. The van der Waals surface area contributed by atoms with Gasteiger partial charge in [-0.25, -0.2) is 9.67 Å². The van der Waals surface area contributed by atoms with Crippen LogP contribution in [0.15, 0.2) is 59.4 Å². The predicted octanol–water partition coefficient (Wildman–Crippen LogP) is 3.18. The van der Waals surface area contributed by atoms with Crippen LogP contribution in [0.3, 0.4) is 0 Å². The normalized spacial score (nSPS) is 10.7. The highest BCUT2D eigenvalue weighted by atomic mass is 32.1. The van der Waals surface area contributed by atoms with Crippen molar-refractivity contribution in [3.8, 4) is 22.8 Å². The van der Waals surface area contributed by atoms with Crippen molar-refractivity contribution in [1.29, 1.82) is 0 Å². The van der Waals surface area contributed by atoms with E-state index in [0.29, 0.717) is 22.3 Å². The lowest BCUT2D eigenvalue weighted by atomic mass is 10.1. The monoisotopic (exact) mass is 422 g/mol. The summed E-state index contributed by atoms with van der Waals surface area (Å²) in [6.45, 7) is -0.226. The second-order valence-electron chi connectivity index (χ2n) is 6.35. The largest absolute Gasteiger partial charge is 0.497 e. The third-order valence-electron chi connectivity index (χ3n) is 4.37. The minimum Gasteiger partial charge on any atom is -0.497 e. The summed E-state index contributed by atoms with van der Waals surface area (Å²) < 4.78 is 12.4. The van der Waals surface area contributed by atoms with Gasteiger partial charge >= 0.3 is 0 Å². The average Bonchev–Trinajstić information content (AvgIpc) is 3.16. The number of nitrogens with zero attached hydrogens (tertiary/aromatic N) is 3. The summed E-state index contributed by atoms with van der Waals surface area (Å²) in [5.41, 5.74) is 1.73. The Morgan fingerprint density at radius 2 is 1.87 bits per heavy atom. The number of hydrogen-bond acceptors (Lipinski definition) is 7. The van der Waals surface area contributed by atoms with Crippen molar-refractivity contribution in [3.63, 3.8) is 0 Å². The minimum atomic E-state index is -0.390. The van der Waals surface area contributed by atoms with Gasteiger partial charge in [-0.2, -0.15) is 5.10 Å². The van der Waals surface area contributed by atoms with Crippen LogP contribution in [-0.2, 0) is 11.3 Å². The first kappa shape index (κ1) is 19.6. The van der Waals surface area contributed by atoms with Gasteiger partial charge in [0.25, 0.3) is 5.56 Å². The number of anilines is 1. The van der Waals surface area contributed by atoms with Crippen molar-refractivity contribution in [2.75, 3.05) is 19.5 Å². The maximum atomic E-state index is 12.5. The molecule has 0 aliphatic carbocycles. The number of carbonyl (C=O) groups is 1. The Morgan fingerprint density at radius 3 is 2.67 bits per heavy atom. The number of ether oxygens (including phenoxy) is 2. The van der Waals surface area contributed by atoms with Gasteiger partial charge in [-0.05, 0) is 36.4 Å². The van der Waals surface area contributed by atoms with Crippen LogP contribution in [0.2, 0.25) is 0 Å². The van der Waals surface area contributed by atoms with E-state index in [9.17, 15) is 9.59 Å². The van der Waals surface area contributed by atoms with Crippen molar-refractivity contribution in [3.05, 3.63) is 65.0 Å². The Morgan fingerprint density at radius 1 is 1.07 bits per heavy atom. The average molecular weight is 422 g/mol. The molecular formula is C21H18N4O4S. The molecule has 4 aromatic rings. The molecule has 0 radical (unpaired) electrons. The molecule has 2 aromatic carbocycles. The Hall–Kier alpha value is -3.72. The maximum absolute atomic E-state index is 12.5. The SMILES string of the molecule is COc1cccc(-c2ccc(=O)n(CC(=O)Nc3nc4ccc(OC)cc4s3)n2)c1. The van der Waals surface area contributed by atoms with Gasteiger partial charge in [-0.1, -0.05) is 23.5 Å². The quantitative estimate of drug-likeness (QED) is 0.513. The summed E-state index contributed by atoms with van der Waals surface area (Å²) in [5, 5.41) is 7.49. The standard InChI is InChI=1S/C21H18N4O4S/c1-28-14-5-3-4-13(10-14)16-8-9-20(27)25(24-16)12-19(26)23-21-22-17-7-6-15(29-2)11-18(17)30-21/h3-11H,12H2,1-2H3,(H,22,23,26). The van der Waals surface area contributed by atoms with Gasteiger partial charge in [0.2, 0.25) is 5.91 Å². The summed E-state index contributed by atoms with van der Waals surface area (Å²) in [7, 11) is 3.17. The van der Waals surface area contributed by atoms with Crippen molar-refractivity contribution >= 4 is 32.6 Å². The molecule has 4 rings (SSSR count). The molecule has 8 nitrogen and oxygen atoms in total. The van der Waals surface area contributed by atoms with E-state index in [2.05, 4.69) is 15.4 Å². The van der Waals surface area contributed by atoms with E-state index >= 15 is 0 Å². The number of aromatic nitrogens is 3. The molecule has 152 valence electrons. The minimum absolute atomic E-state index is 0.226. The van der Waals surface area contributed by atoms with Gasteiger partial charge in [0, 0.05) is 11.6 Å². The zero-order valence-corrected chi connectivity index (χ0v) is 17.1. The topological polar surface area (TPSA) is 95.3 Å². The first-order chi connectivity index (χ1) is 14.6. The molecule has 2 heterocycles. The summed E-state index contributed by atoms with van der Waals surface area (Å²) in [6, 6.07) is 15.8. The Bertz CT molecular complexity index is 1280. The number of methoxy groups -OCH3 is 2. The molecular weight excluding hydrogens is 404 g/mol. The number of nitrogens with one attached hydrogen (secondary N) is 1. The van der Waals surface area contributed by atoms with Crippen LogP contribution in [0.25, 0.3) is 21.5 Å². The zero-order valence-electron chi connectivity index (χ0n) is 16.3. The van der Waals surface area contributed by atoms with Crippen LogP contribution in [0.1, 0.15) is 0 Å². The van der Waals surface area contributed by atoms with Crippen LogP contribution in [0, 0.1) is 0 Å². The fraction of sp³-hybridized carbons (Fsp3) is 0.143. The first-order valence-corrected chi connectivity index (χ1v) is 9.84. The Balaban J connectivity index is 1.53. The Labute approximate surface area is 175 Å². The highest BCUT2D eigenvalue weighted by Gasteiger charge is 2.12. The number of rotatable bonds is 6. The lowest BCUT2D eigenvalue weighted by molar-refractivity contribution is -0.117. The molecule has 1 N–H and O–H groups in total. The second-order valence-corrected chi connectivity index (χ2v) is 7.38. The van der Waals surface area contributed by atoms with Gasteiger partial charge < -0.3 is 14.8 Å². The summed E-state index contributed by atoms with van der Waals surface area (Å²) >= 11 is 1.33. The number of thiazole rings is 1. The first-order valence-electron chi connectivity index (χ1n) is 9.03. The zero-order chi connectivity index (χ0) is 21.1. The van der Waals surface area contributed by atoms with Crippen molar-refractivity contribution in [1.82, 2.24) is 14.8 Å². The summed E-state index contributed by atoms with van der Waals surface area (Å²) in [5.74, 6) is 1.00. The molecule has 0 saturated heterocycles. The van der Waals surface area contributed by atoms with E-state index in [-0.39, 0.29) is 12.1 Å². The Kier molecular flexibility index (Phi) is 5.44. The molecule has 0 aliphatic rings. The van der Waals surface area contributed by atoms with E-state index in [0.717, 1.165) is 20.5 Å². The molecule has 0 unspecified atom stereocenters. The fourth-order valence-corrected chi connectivity index (χ4v) is 3.79. The van der Waals surface area contributed by atoms with Crippen molar-refractivity contribution in [2.45, 2.75) is 6.54 Å². The van der Waals surface area contributed by atoms with Gasteiger partial charge in [-0.15, -0.1) is 0 Å². The van der Waals surface area contributed by atoms with Crippen LogP contribution < -0.4 is 20.3 Å². The van der Waals surface area contributed by atoms with Crippen LogP contribution in [-0.4, -0.2) is 34.9 Å². The maximum Gasteiger partial charge on any atom is 0.267 e. The molecule has 30 heavy (non-hydrogen) atoms. The summed E-state index contributed by atoms with van der Waals surface area (Å²) in [6.07, 6.45) is 0. The molecule has 0 saturated carbocycles. The third kappa shape index (κ3) is 4.15. The predicted molar refractivity (Wildman–Crippen MR) is 115 cm³/mol. The van der Waals surface area contributed by atoms with Crippen molar-refractivity contribution in [2.24, 2.45) is 0 Å². The number of fused-ring (bicyclic) bond motifs is 1. The molecule has 2 aromatic heterocycles. The van der Waals surface area contributed by atoms with E-state index in [1.54, 1.807) is 26.4 Å². The number of amides is 1. The molecule has 0 spiro atoms. The molecule has 0 bridgehead atoms. The van der Waals surface area contributed by atoms with Gasteiger partial charge in [0.1, 0.15) is 18.0 Å².